The third kappa shape index (κ3) is 2.53. The van der Waals surface area contributed by atoms with Crippen LogP contribution in [0.1, 0.15) is 10.9 Å². The van der Waals surface area contributed by atoms with Crippen LogP contribution in [0.4, 0.5) is 0 Å². The van der Waals surface area contributed by atoms with Crippen molar-refractivity contribution in [2.45, 2.75) is 6.04 Å². The summed E-state index contributed by atoms with van der Waals surface area (Å²) in [4.78, 5) is 21.4. The zero-order valence-electron chi connectivity index (χ0n) is 6.36. The third-order valence-electron chi connectivity index (χ3n) is 1.36. The number of thiophene rings is 1. The average molecular weight is 264 g/mol. The minimum Gasteiger partial charge on any atom is -0.479 e. The van der Waals surface area contributed by atoms with Crippen LogP contribution < -0.4 is 5.32 Å². The number of rotatable bonds is 4. The van der Waals surface area contributed by atoms with Crippen molar-refractivity contribution >= 4 is 39.6 Å². The van der Waals surface area contributed by atoms with E-state index < -0.39 is 12.0 Å². The van der Waals surface area contributed by atoms with Crippen LogP contribution in [-0.4, -0.2) is 17.5 Å². The lowest BCUT2D eigenvalue weighted by Gasteiger charge is -2.07. The Bertz CT molecular complexity index is 325. The molecule has 6 heteroatoms. The molecule has 1 unspecified atom stereocenters. The van der Waals surface area contributed by atoms with E-state index in [2.05, 4.69) is 21.2 Å². The SMILES string of the molecule is O=CNC(C(=O)O)c1ccc(Br)s1. The smallest absolute Gasteiger partial charge is 0.331 e. The van der Waals surface area contributed by atoms with E-state index in [1.165, 1.54) is 11.3 Å². The molecule has 2 N–H and O–H groups in total. The Morgan fingerprint density at radius 2 is 2.38 bits per heavy atom. The van der Waals surface area contributed by atoms with Gasteiger partial charge in [0.05, 0.1) is 3.79 Å². The van der Waals surface area contributed by atoms with Crippen LogP contribution in [0.25, 0.3) is 0 Å². The summed E-state index contributed by atoms with van der Waals surface area (Å²) >= 11 is 4.49. The van der Waals surface area contributed by atoms with Crippen molar-refractivity contribution in [3.05, 3.63) is 20.8 Å². The first kappa shape index (κ1) is 10.2. The molecule has 1 heterocycles. The molecule has 0 fully saturated rings. The highest BCUT2D eigenvalue weighted by molar-refractivity contribution is 9.11. The van der Waals surface area contributed by atoms with Crippen molar-refractivity contribution in [3.8, 4) is 0 Å². The number of aliphatic carboxylic acids is 1. The third-order valence-corrected chi connectivity index (χ3v) is 3.05. The maximum Gasteiger partial charge on any atom is 0.331 e. The molecule has 0 saturated heterocycles. The molecular formula is C7H6BrNO3S. The zero-order valence-corrected chi connectivity index (χ0v) is 8.76. The summed E-state index contributed by atoms with van der Waals surface area (Å²) in [7, 11) is 0. The number of carbonyl (C=O) groups is 2. The van der Waals surface area contributed by atoms with Crippen LogP contribution in [0, 0.1) is 0 Å². The number of amides is 1. The molecule has 1 rings (SSSR count). The van der Waals surface area contributed by atoms with Crippen LogP contribution >= 0.6 is 27.3 Å². The summed E-state index contributed by atoms with van der Waals surface area (Å²) in [6.07, 6.45) is 0.381. The second-order valence-corrected chi connectivity index (χ2v) is 4.69. The Labute approximate surface area is 86.7 Å². The molecule has 1 atom stereocenters. The van der Waals surface area contributed by atoms with E-state index in [0.29, 0.717) is 11.3 Å². The Morgan fingerprint density at radius 1 is 1.69 bits per heavy atom. The van der Waals surface area contributed by atoms with Gasteiger partial charge in [-0.2, -0.15) is 0 Å². The van der Waals surface area contributed by atoms with Crippen LogP contribution in [0.3, 0.4) is 0 Å². The molecule has 0 aromatic carbocycles. The van der Waals surface area contributed by atoms with E-state index in [0.717, 1.165) is 3.79 Å². The highest BCUT2D eigenvalue weighted by Crippen LogP contribution is 2.27. The van der Waals surface area contributed by atoms with E-state index >= 15 is 0 Å². The fourth-order valence-electron chi connectivity index (χ4n) is 0.827. The lowest BCUT2D eigenvalue weighted by molar-refractivity contribution is -0.140. The highest BCUT2D eigenvalue weighted by Gasteiger charge is 2.20. The topological polar surface area (TPSA) is 66.4 Å². The van der Waals surface area contributed by atoms with Crippen molar-refractivity contribution < 1.29 is 14.7 Å². The molecule has 0 spiro atoms. The molecular weight excluding hydrogens is 258 g/mol. The van der Waals surface area contributed by atoms with Gasteiger partial charge in [0, 0.05) is 4.88 Å². The van der Waals surface area contributed by atoms with Crippen molar-refractivity contribution in [1.82, 2.24) is 5.32 Å². The molecule has 1 aromatic rings. The maximum atomic E-state index is 10.7. The molecule has 0 aliphatic carbocycles. The number of hydrogen-bond donors (Lipinski definition) is 2. The van der Waals surface area contributed by atoms with Crippen LogP contribution in [0.5, 0.6) is 0 Å². The van der Waals surface area contributed by atoms with E-state index in [1.54, 1.807) is 12.1 Å². The molecule has 0 bridgehead atoms. The Morgan fingerprint density at radius 3 is 2.77 bits per heavy atom. The second-order valence-electron chi connectivity index (χ2n) is 2.20. The number of carboxylic acid groups (broad SMARTS) is 1. The standard InChI is InChI=1S/C7H6BrNO3S/c8-5-2-1-4(13-5)6(7(11)12)9-3-10/h1-3,6H,(H,9,10)(H,11,12). The molecule has 4 nitrogen and oxygen atoms in total. The normalized spacial score (nSPS) is 12.1. The average Bonchev–Trinajstić information content (AvgIpc) is 2.46. The van der Waals surface area contributed by atoms with E-state index in [9.17, 15) is 9.59 Å². The fraction of sp³-hybridized carbons (Fsp3) is 0.143. The minimum absolute atomic E-state index is 0.381. The van der Waals surface area contributed by atoms with Gasteiger partial charge in [0.25, 0.3) is 0 Å². The summed E-state index contributed by atoms with van der Waals surface area (Å²) in [5.41, 5.74) is 0. The lowest BCUT2D eigenvalue weighted by atomic mass is 10.2. The van der Waals surface area contributed by atoms with Gasteiger partial charge < -0.3 is 10.4 Å². The number of carboxylic acids is 1. The number of hydrogen-bond acceptors (Lipinski definition) is 3. The molecule has 1 aromatic heterocycles. The van der Waals surface area contributed by atoms with Gasteiger partial charge in [-0.1, -0.05) is 0 Å². The molecule has 70 valence electrons. The van der Waals surface area contributed by atoms with Crippen molar-refractivity contribution in [3.63, 3.8) is 0 Å². The van der Waals surface area contributed by atoms with Gasteiger partial charge in [0.15, 0.2) is 6.04 Å². The van der Waals surface area contributed by atoms with Gasteiger partial charge >= 0.3 is 5.97 Å². The zero-order chi connectivity index (χ0) is 9.84. The second kappa shape index (κ2) is 4.38. The molecule has 0 aliphatic rings. The lowest BCUT2D eigenvalue weighted by Crippen LogP contribution is -2.26. The predicted molar refractivity (Wildman–Crippen MR) is 51.6 cm³/mol. The van der Waals surface area contributed by atoms with Gasteiger partial charge in [0.1, 0.15) is 0 Å². The minimum atomic E-state index is -1.07. The largest absolute Gasteiger partial charge is 0.479 e. The monoisotopic (exact) mass is 263 g/mol. The first-order valence-corrected chi connectivity index (χ1v) is 4.94. The summed E-state index contributed by atoms with van der Waals surface area (Å²) in [5, 5.41) is 11.0. The molecule has 0 aliphatic heterocycles. The van der Waals surface area contributed by atoms with Gasteiger partial charge in [-0.25, -0.2) is 4.79 Å². The van der Waals surface area contributed by atoms with Crippen LogP contribution in [0.2, 0.25) is 0 Å². The summed E-state index contributed by atoms with van der Waals surface area (Å²) in [6, 6.07) is 2.45. The van der Waals surface area contributed by atoms with Crippen molar-refractivity contribution in [2.24, 2.45) is 0 Å². The van der Waals surface area contributed by atoms with E-state index in [-0.39, 0.29) is 0 Å². The van der Waals surface area contributed by atoms with Crippen molar-refractivity contribution in [2.75, 3.05) is 0 Å². The quantitative estimate of drug-likeness (QED) is 0.807. The maximum absolute atomic E-state index is 10.7. The van der Waals surface area contributed by atoms with Gasteiger partial charge in [-0.05, 0) is 28.1 Å². The first-order chi connectivity index (χ1) is 6.15. The van der Waals surface area contributed by atoms with E-state index in [1.807, 2.05) is 0 Å². The van der Waals surface area contributed by atoms with Crippen LogP contribution in [0.15, 0.2) is 15.9 Å². The summed E-state index contributed by atoms with van der Waals surface area (Å²) < 4.78 is 0.835. The highest BCUT2D eigenvalue weighted by atomic mass is 79.9. The number of nitrogens with one attached hydrogen (secondary N) is 1. The molecule has 0 saturated carbocycles. The molecule has 13 heavy (non-hydrogen) atoms. The van der Waals surface area contributed by atoms with Crippen molar-refractivity contribution in [1.29, 1.82) is 0 Å². The van der Waals surface area contributed by atoms with Gasteiger partial charge in [-0.3, -0.25) is 4.79 Å². The first-order valence-electron chi connectivity index (χ1n) is 3.33. The number of halogens is 1. The van der Waals surface area contributed by atoms with Gasteiger partial charge in [0.2, 0.25) is 6.41 Å². The molecule has 0 radical (unpaired) electrons. The van der Waals surface area contributed by atoms with Gasteiger partial charge in [-0.15, -0.1) is 11.3 Å². The number of carbonyl (C=O) groups excluding carboxylic acids is 1. The van der Waals surface area contributed by atoms with E-state index in [4.69, 9.17) is 5.11 Å². The summed E-state index contributed by atoms with van der Waals surface area (Å²) in [6.45, 7) is 0. The molecule has 1 amide bonds. The Kier molecular flexibility index (Phi) is 3.44. The Hall–Kier alpha value is -0.880. The Balaban J connectivity index is 2.87. The fourth-order valence-corrected chi connectivity index (χ4v) is 2.30. The van der Waals surface area contributed by atoms with Crippen LogP contribution in [-0.2, 0) is 9.59 Å². The summed E-state index contributed by atoms with van der Waals surface area (Å²) in [5.74, 6) is -1.07. The predicted octanol–water partition coefficient (Wildman–Crippen LogP) is 1.38.